The molecular formula is C38H44N4O4. The molecule has 0 saturated heterocycles. The molecule has 0 unspecified atom stereocenters. The van der Waals surface area contributed by atoms with E-state index in [9.17, 15) is 19.2 Å². The van der Waals surface area contributed by atoms with E-state index in [1.807, 2.05) is 49.4 Å². The molecule has 8 heteroatoms. The van der Waals surface area contributed by atoms with E-state index in [0.29, 0.717) is 54.7 Å². The summed E-state index contributed by atoms with van der Waals surface area (Å²) in [6.07, 6.45) is 8.55. The highest BCUT2D eigenvalue weighted by molar-refractivity contribution is 6.01. The number of fused-ring (bicyclic) bond motifs is 1. The minimum Gasteiger partial charge on any atom is -0.330 e. The Morgan fingerprint density at radius 3 is 2.39 bits per heavy atom. The first kappa shape index (κ1) is 31.8. The number of rotatable bonds is 12. The fourth-order valence-electron chi connectivity index (χ4n) is 7.11. The second-order valence-electron chi connectivity index (χ2n) is 13.6. The van der Waals surface area contributed by atoms with Gasteiger partial charge < -0.3 is 16.4 Å². The van der Waals surface area contributed by atoms with Gasteiger partial charge in [0.25, 0.3) is 0 Å². The van der Waals surface area contributed by atoms with E-state index in [4.69, 9.17) is 5.73 Å². The lowest BCUT2D eigenvalue weighted by Crippen LogP contribution is -2.31. The number of aromatic nitrogens is 1. The number of nitrogens with zero attached hydrogens (tertiary/aromatic N) is 1. The number of anilines is 2. The predicted molar refractivity (Wildman–Crippen MR) is 179 cm³/mol. The molecule has 3 aliphatic rings. The number of pyridine rings is 1. The van der Waals surface area contributed by atoms with Gasteiger partial charge in [-0.05, 0) is 92.3 Å². The third-order valence-electron chi connectivity index (χ3n) is 10.3. The molecule has 2 aromatic carbocycles. The Hall–Kier alpha value is -4.17. The van der Waals surface area contributed by atoms with Crippen LogP contribution in [-0.4, -0.2) is 34.9 Å². The lowest BCUT2D eigenvalue weighted by Gasteiger charge is -2.27. The van der Waals surface area contributed by atoms with E-state index in [1.165, 1.54) is 6.42 Å². The number of ketones is 2. The molecule has 1 aromatic heterocycles. The number of carbonyl (C=O) groups excluding carboxylic acids is 4. The van der Waals surface area contributed by atoms with Crippen molar-refractivity contribution in [2.45, 2.75) is 77.6 Å². The molecule has 4 N–H and O–H groups in total. The van der Waals surface area contributed by atoms with Crippen LogP contribution in [0.5, 0.6) is 0 Å². The highest BCUT2D eigenvalue weighted by Gasteiger charge is 2.30. The SMILES string of the molecule is Cc1nc(C(=O)CC2CCC2)ccc1-c1ccc(C[C@H](CC(=O)C2CCC(CN)CC2)C(=O)Nc2ccc3c(c2)NC(=O)C3)cc1. The quantitative estimate of drug-likeness (QED) is 0.200. The second kappa shape index (κ2) is 14.1. The third kappa shape index (κ3) is 7.44. The molecule has 2 saturated carbocycles. The van der Waals surface area contributed by atoms with Crippen molar-refractivity contribution >= 4 is 34.8 Å². The first-order valence-corrected chi connectivity index (χ1v) is 16.8. The van der Waals surface area contributed by atoms with Crippen LogP contribution in [0.3, 0.4) is 0 Å². The van der Waals surface area contributed by atoms with Crippen molar-refractivity contribution in [2.24, 2.45) is 29.4 Å². The Bertz CT molecular complexity index is 1620. The Kier molecular flexibility index (Phi) is 9.73. The number of hydrogen-bond donors (Lipinski definition) is 3. The van der Waals surface area contributed by atoms with Gasteiger partial charge in [-0.2, -0.15) is 0 Å². The number of nitrogens with two attached hydrogens (primary N) is 1. The first-order chi connectivity index (χ1) is 22.2. The standard InChI is InChI=1S/C38H44N4O4/c1-23-32(15-16-33(40-23)36(44)18-24-3-2-4-24)27-9-5-25(6-10-27)17-30(19-35(43)28-11-7-26(22-39)8-12-28)38(46)41-31-14-13-29-20-37(45)42-34(29)21-31/h5-6,9-10,13-16,21,24,26,28,30H,2-4,7-8,11-12,17-20,22,39H2,1H3,(H,41,46)(H,42,45)/t26?,28?,30-/m1/s1. The Morgan fingerprint density at radius 2 is 1.72 bits per heavy atom. The minimum atomic E-state index is -0.544. The molecule has 1 atom stereocenters. The normalized spacial score (nSPS) is 19.9. The summed E-state index contributed by atoms with van der Waals surface area (Å²) in [4.78, 5) is 56.3. The predicted octanol–water partition coefficient (Wildman–Crippen LogP) is 6.45. The Labute approximate surface area is 270 Å². The molecule has 46 heavy (non-hydrogen) atoms. The van der Waals surface area contributed by atoms with Crippen LogP contribution in [0.1, 0.15) is 85.1 Å². The van der Waals surface area contributed by atoms with Crippen molar-refractivity contribution in [3.05, 3.63) is 77.1 Å². The van der Waals surface area contributed by atoms with Crippen molar-refractivity contribution < 1.29 is 19.2 Å². The Morgan fingerprint density at radius 1 is 0.957 bits per heavy atom. The number of Topliss-reactive ketones (excluding diaryl/α,β-unsaturated/α-hetero) is 2. The highest BCUT2D eigenvalue weighted by Crippen LogP contribution is 2.33. The summed E-state index contributed by atoms with van der Waals surface area (Å²) in [5.74, 6) is 0.393. The van der Waals surface area contributed by atoms with E-state index in [2.05, 4.69) is 15.6 Å². The number of nitrogens with one attached hydrogen (secondary N) is 2. The number of hydrogen-bond acceptors (Lipinski definition) is 6. The van der Waals surface area contributed by atoms with Gasteiger partial charge in [0.05, 0.1) is 6.42 Å². The fourth-order valence-corrected chi connectivity index (χ4v) is 7.11. The number of aryl methyl sites for hydroxylation is 1. The zero-order valence-corrected chi connectivity index (χ0v) is 26.6. The van der Waals surface area contributed by atoms with Gasteiger partial charge in [-0.25, -0.2) is 4.98 Å². The van der Waals surface area contributed by atoms with E-state index in [1.54, 1.807) is 12.1 Å². The van der Waals surface area contributed by atoms with Crippen LogP contribution in [-0.2, 0) is 27.2 Å². The monoisotopic (exact) mass is 620 g/mol. The van der Waals surface area contributed by atoms with Crippen LogP contribution in [0.2, 0.25) is 0 Å². The topological polar surface area (TPSA) is 131 Å². The van der Waals surface area contributed by atoms with Crippen molar-refractivity contribution in [3.63, 3.8) is 0 Å². The van der Waals surface area contributed by atoms with Crippen molar-refractivity contribution in [1.82, 2.24) is 4.98 Å². The maximum absolute atomic E-state index is 13.7. The molecule has 240 valence electrons. The van der Waals surface area contributed by atoms with E-state index in [-0.39, 0.29) is 35.7 Å². The summed E-state index contributed by atoms with van der Waals surface area (Å²) >= 11 is 0. The second-order valence-corrected chi connectivity index (χ2v) is 13.6. The molecule has 3 aromatic rings. The molecule has 2 aliphatic carbocycles. The maximum Gasteiger partial charge on any atom is 0.228 e. The van der Waals surface area contributed by atoms with Crippen molar-refractivity contribution in [3.8, 4) is 11.1 Å². The molecular weight excluding hydrogens is 576 g/mol. The average molecular weight is 621 g/mol. The third-order valence-corrected chi connectivity index (χ3v) is 10.3. The summed E-state index contributed by atoms with van der Waals surface area (Å²) in [6.45, 7) is 2.59. The molecule has 2 fully saturated rings. The van der Waals surface area contributed by atoms with E-state index < -0.39 is 5.92 Å². The van der Waals surface area contributed by atoms with Gasteiger partial charge in [-0.15, -0.1) is 0 Å². The van der Waals surface area contributed by atoms with Crippen LogP contribution in [0.25, 0.3) is 11.1 Å². The van der Waals surface area contributed by atoms with Crippen LogP contribution >= 0.6 is 0 Å². The van der Waals surface area contributed by atoms with Crippen LogP contribution in [0, 0.1) is 30.6 Å². The lowest BCUT2D eigenvalue weighted by molar-refractivity contribution is -0.129. The zero-order chi connectivity index (χ0) is 32.2. The largest absolute Gasteiger partial charge is 0.330 e. The molecule has 2 amide bonds. The van der Waals surface area contributed by atoms with Gasteiger partial charge in [0.15, 0.2) is 5.78 Å². The van der Waals surface area contributed by atoms with Gasteiger partial charge in [0.2, 0.25) is 11.8 Å². The van der Waals surface area contributed by atoms with Gasteiger partial charge in [-0.3, -0.25) is 19.2 Å². The van der Waals surface area contributed by atoms with Gasteiger partial charge in [0.1, 0.15) is 11.5 Å². The molecule has 0 spiro atoms. The molecule has 6 rings (SSSR count). The van der Waals surface area contributed by atoms with E-state index >= 15 is 0 Å². The average Bonchev–Trinajstić information content (AvgIpc) is 3.42. The number of benzene rings is 2. The molecule has 0 radical (unpaired) electrons. The maximum atomic E-state index is 13.7. The lowest BCUT2D eigenvalue weighted by atomic mass is 9.77. The van der Waals surface area contributed by atoms with Crippen LogP contribution in [0.15, 0.2) is 54.6 Å². The fraction of sp³-hybridized carbons (Fsp3) is 0.447. The van der Waals surface area contributed by atoms with Gasteiger partial charge in [0, 0.05) is 47.3 Å². The van der Waals surface area contributed by atoms with Crippen molar-refractivity contribution in [2.75, 3.05) is 17.2 Å². The smallest absolute Gasteiger partial charge is 0.228 e. The summed E-state index contributed by atoms with van der Waals surface area (Å²) in [6, 6.07) is 17.3. The summed E-state index contributed by atoms with van der Waals surface area (Å²) < 4.78 is 0. The molecule has 8 nitrogen and oxygen atoms in total. The summed E-state index contributed by atoms with van der Waals surface area (Å²) in [7, 11) is 0. The zero-order valence-electron chi connectivity index (χ0n) is 26.6. The highest BCUT2D eigenvalue weighted by atomic mass is 16.2. The summed E-state index contributed by atoms with van der Waals surface area (Å²) in [5.41, 5.74) is 12.3. The van der Waals surface area contributed by atoms with Crippen LogP contribution in [0.4, 0.5) is 11.4 Å². The summed E-state index contributed by atoms with van der Waals surface area (Å²) in [5, 5.41) is 5.85. The van der Waals surface area contributed by atoms with Gasteiger partial charge >= 0.3 is 0 Å². The number of carbonyl (C=O) groups is 4. The first-order valence-electron chi connectivity index (χ1n) is 16.8. The van der Waals surface area contributed by atoms with E-state index in [0.717, 1.165) is 66.5 Å². The molecule has 2 heterocycles. The van der Waals surface area contributed by atoms with Gasteiger partial charge in [-0.1, -0.05) is 55.7 Å². The number of amides is 2. The Balaban J connectivity index is 1.15. The van der Waals surface area contributed by atoms with Crippen molar-refractivity contribution in [1.29, 1.82) is 0 Å². The van der Waals surface area contributed by atoms with Crippen LogP contribution < -0.4 is 16.4 Å². The minimum absolute atomic E-state index is 0.0327. The molecule has 0 bridgehead atoms. The molecule has 1 aliphatic heterocycles.